The van der Waals surface area contributed by atoms with Gasteiger partial charge < -0.3 is 10.3 Å². The SMILES string of the molecule is CC(C)(C(=O)Nc1ccc(-c2nn[nH]n2)cc1)c1c[nH]c2ccccc12. The monoisotopic (exact) mass is 346 g/mol. The third kappa shape index (κ3) is 2.73. The largest absolute Gasteiger partial charge is 0.361 e. The van der Waals surface area contributed by atoms with E-state index in [2.05, 4.69) is 30.9 Å². The zero-order chi connectivity index (χ0) is 18.1. The lowest BCUT2D eigenvalue weighted by molar-refractivity contribution is -0.120. The van der Waals surface area contributed by atoms with Crippen LogP contribution in [0.2, 0.25) is 0 Å². The number of hydrogen-bond donors (Lipinski definition) is 3. The van der Waals surface area contributed by atoms with Gasteiger partial charge in [-0.25, -0.2) is 0 Å². The van der Waals surface area contributed by atoms with E-state index in [4.69, 9.17) is 0 Å². The number of tetrazole rings is 1. The molecular weight excluding hydrogens is 328 g/mol. The molecule has 2 aromatic heterocycles. The predicted octanol–water partition coefficient (Wildman–Crippen LogP) is 3.26. The molecule has 3 N–H and O–H groups in total. The second-order valence-electron chi connectivity index (χ2n) is 6.64. The molecule has 0 aliphatic carbocycles. The molecule has 7 heteroatoms. The molecule has 0 fully saturated rings. The molecule has 0 saturated heterocycles. The minimum absolute atomic E-state index is 0.0745. The number of rotatable bonds is 4. The molecule has 0 spiro atoms. The summed E-state index contributed by atoms with van der Waals surface area (Å²) >= 11 is 0. The Labute approximate surface area is 149 Å². The Morgan fingerprint density at radius 1 is 1.08 bits per heavy atom. The molecule has 0 aliphatic heterocycles. The van der Waals surface area contributed by atoms with Crippen LogP contribution in [0.4, 0.5) is 5.69 Å². The average molecular weight is 346 g/mol. The van der Waals surface area contributed by atoms with Crippen molar-refractivity contribution in [3.05, 3.63) is 60.3 Å². The van der Waals surface area contributed by atoms with Crippen molar-refractivity contribution in [2.45, 2.75) is 19.3 Å². The van der Waals surface area contributed by atoms with E-state index in [-0.39, 0.29) is 5.91 Å². The number of carbonyl (C=O) groups excluding carboxylic acids is 1. The number of aromatic nitrogens is 5. The van der Waals surface area contributed by atoms with E-state index in [1.54, 1.807) is 0 Å². The van der Waals surface area contributed by atoms with E-state index in [1.165, 1.54) is 0 Å². The molecule has 0 bridgehead atoms. The van der Waals surface area contributed by atoms with Crippen LogP contribution in [0.3, 0.4) is 0 Å². The van der Waals surface area contributed by atoms with E-state index >= 15 is 0 Å². The lowest BCUT2D eigenvalue weighted by atomic mass is 9.83. The van der Waals surface area contributed by atoms with Crippen LogP contribution in [0.5, 0.6) is 0 Å². The quantitative estimate of drug-likeness (QED) is 0.528. The van der Waals surface area contributed by atoms with Crippen molar-refractivity contribution in [3.63, 3.8) is 0 Å². The third-order valence-corrected chi connectivity index (χ3v) is 4.58. The van der Waals surface area contributed by atoms with Crippen molar-refractivity contribution >= 4 is 22.5 Å². The van der Waals surface area contributed by atoms with Crippen LogP contribution in [0.1, 0.15) is 19.4 Å². The van der Waals surface area contributed by atoms with E-state index < -0.39 is 5.41 Å². The molecule has 2 heterocycles. The summed E-state index contributed by atoms with van der Waals surface area (Å²) in [5.74, 6) is 0.441. The number of anilines is 1. The average Bonchev–Trinajstić information content (AvgIpc) is 3.32. The Bertz CT molecular complexity index is 1050. The van der Waals surface area contributed by atoms with Gasteiger partial charge in [-0.2, -0.15) is 5.21 Å². The molecule has 0 aliphatic rings. The summed E-state index contributed by atoms with van der Waals surface area (Å²) in [4.78, 5) is 16.2. The molecule has 0 unspecified atom stereocenters. The number of hydrogen-bond acceptors (Lipinski definition) is 4. The zero-order valence-electron chi connectivity index (χ0n) is 14.4. The van der Waals surface area contributed by atoms with Gasteiger partial charge in [-0.1, -0.05) is 18.2 Å². The van der Waals surface area contributed by atoms with Crippen LogP contribution in [0.15, 0.2) is 54.7 Å². The molecular formula is C19H18N6O. The lowest BCUT2D eigenvalue weighted by Crippen LogP contribution is -2.34. The molecule has 0 atom stereocenters. The van der Waals surface area contributed by atoms with Gasteiger partial charge in [0, 0.05) is 28.4 Å². The van der Waals surface area contributed by atoms with Gasteiger partial charge in [-0.15, -0.1) is 10.2 Å². The van der Waals surface area contributed by atoms with Gasteiger partial charge in [0.1, 0.15) is 0 Å². The number of fused-ring (bicyclic) bond motifs is 1. The number of nitrogens with zero attached hydrogens (tertiary/aromatic N) is 3. The van der Waals surface area contributed by atoms with Crippen LogP contribution in [-0.2, 0) is 10.2 Å². The van der Waals surface area contributed by atoms with E-state index in [0.717, 1.165) is 27.7 Å². The van der Waals surface area contributed by atoms with E-state index in [9.17, 15) is 4.79 Å². The highest BCUT2D eigenvalue weighted by molar-refractivity contribution is 6.01. The van der Waals surface area contributed by atoms with Crippen LogP contribution < -0.4 is 5.32 Å². The minimum Gasteiger partial charge on any atom is -0.361 e. The number of benzene rings is 2. The summed E-state index contributed by atoms with van der Waals surface area (Å²) in [7, 11) is 0. The van der Waals surface area contributed by atoms with E-state index in [1.807, 2.05) is 68.6 Å². The Balaban J connectivity index is 1.57. The standard InChI is InChI=1S/C19H18N6O/c1-19(2,15-11-20-16-6-4-3-5-14(15)16)18(26)21-13-9-7-12(8-10-13)17-22-24-25-23-17/h3-11,20H,1-2H3,(H,21,26)(H,22,23,24,25). The lowest BCUT2D eigenvalue weighted by Gasteiger charge is -2.23. The normalized spacial score (nSPS) is 11.6. The Morgan fingerprint density at radius 2 is 1.85 bits per heavy atom. The summed E-state index contributed by atoms with van der Waals surface area (Å²) in [5, 5.41) is 17.9. The highest BCUT2D eigenvalue weighted by Gasteiger charge is 2.32. The predicted molar refractivity (Wildman–Crippen MR) is 99.6 cm³/mol. The number of aromatic amines is 2. The Kier molecular flexibility index (Phi) is 3.76. The molecule has 0 saturated carbocycles. The summed E-state index contributed by atoms with van der Waals surface area (Å²) in [6, 6.07) is 15.3. The first-order chi connectivity index (χ1) is 12.6. The van der Waals surface area contributed by atoms with Crippen molar-refractivity contribution in [3.8, 4) is 11.4 Å². The number of nitrogens with one attached hydrogen (secondary N) is 3. The van der Waals surface area contributed by atoms with Gasteiger partial charge in [-0.3, -0.25) is 4.79 Å². The van der Waals surface area contributed by atoms with Gasteiger partial charge in [-0.05, 0) is 55.0 Å². The number of amides is 1. The number of H-pyrrole nitrogens is 2. The highest BCUT2D eigenvalue weighted by Crippen LogP contribution is 2.31. The van der Waals surface area contributed by atoms with Crippen LogP contribution in [-0.4, -0.2) is 31.5 Å². The third-order valence-electron chi connectivity index (χ3n) is 4.58. The fraction of sp³-hybridized carbons (Fsp3) is 0.158. The fourth-order valence-corrected chi connectivity index (χ4v) is 2.98. The Morgan fingerprint density at radius 3 is 2.58 bits per heavy atom. The van der Waals surface area contributed by atoms with Gasteiger partial charge in [0.25, 0.3) is 0 Å². The first-order valence-corrected chi connectivity index (χ1v) is 8.27. The van der Waals surface area contributed by atoms with Crippen molar-refractivity contribution in [1.82, 2.24) is 25.6 Å². The molecule has 4 aromatic rings. The summed E-state index contributed by atoms with van der Waals surface area (Å²) in [6.45, 7) is 3.84. The second-order valence-corrected chi connectivity index (χ2v) is 6.64. The zero-order valence-corrected chi connectivity index (χ0v) is 14.4. The van der Waals surface area contributed by atoms with Crippen LogP contribution in [0, 0.1) is 0 Å². The van der Waals surface area contributed by atoms with Gasteiger partial charge in [0.15, 0.2) is 0 Å². The van der Waals surface area contributed by atoms with Crippen molar-refractivity contribution < 1.29 is 4.79 Å². The smallest absolute Gasteiger partial charge is 0.234 e. The van der Waals surface area contributed by atoms with Crippen molar-refractivity contribution in [2.24, 2.45) is 0 Å². The maximum atomic E-state index is 12.9. The maximum absolute atomic E-state index is 12.9. The molecule has 7 nitrogen and oxygen atoms in total. The minimum atomic E-state index is -0.689. The molecule has 4 rings (SSSR count). The summed E-state index contributed by atoms with van der Waals surface area (Å²) in [6.07, 6.45) is 1.91. The maximum Gasteiger partial charge on any atom is 0.234 e. The van der Waals surface area contributed by atoms with Crippen LogP contribution >= 0.6 is 0 Å². The Hall–Kier alpha value is -3.48. The summed E-state index contributed by atoms with van der Waals surface area (Å²) < 4.78 is 0. The van der Waals surface area contributed by atoms with Gasteiger partial charge >= 0.3 is 0 Å². The molecule has 0 radical (unpaired) electrons. The number of para-hydroxylation sites is 1. The molecule has 1 amide bonds. The number of carbonyl (C=O) groups is 1. The first kappa shape index (κ1) is 16.0. The fourth-order valence-electron chi connectivity index (χ4n) is 2.98. The van der Waals surface area contributed by atoms with Crippen molar-refractivity contribution in [2.75, 3.05) is 5.32 Å². The second kappa shape index (κ2) is 6.11. The first-order valence-electron chi connectivity index (χ1n) is 8.27. The summed E-state index contributed by atoms with van der Waals surface area (Å²) in [5.41, 5.74) is 2.84. The molecule has 26 heavy (non-hydrogen) atoms. The topological polar surface area (TPSA) is 99.3 Å². The van der Waals surface area contributed by atoms with Gasteiger partial charge in [0.2, 0.25) is 11.7 Å². The van der Waals surface area contributed by atoms with Crippen LogP contribution in [0.25, 0.3) is 22.3 Å². The van der Waals surface area contributed by atoms with Crippen molar-refractivity contribution in [1.29, 1.82) is 0 Å². The molecule has 2 aromatic carbocycles. The van der Waals surface area contributed by atoms with E-state index in [0.29, 0.717) is 5.82 Å². The van der Waals surface area contributed by atoms with Gasteiger partial charge in [0.05, 0.1) is 5.41 Å². The highest BCUT2D eigenvalue weighted by atomic mass is 16.2. The molecule has 130 valence electrons.